The van der Waals surface area contributed by atoms with Crippen molar-refractivity contribution >= 4 is 27.7 Å². The quantitative estimate of drug-likeness (QED) is 0.650. The van der Waals surface area contributed by atoms with Gasteiger partial charge in [-0.2, -0.15) is 11.8 Å². The Labute approximate surface area is 91.7 Å². The first-order valence-electron chi connectivity index (χ1n) is 4.14. The third-order valence-corrected chi connectivity index (χ3v) is 2.62. The van der Waals surface area contributed by atoms with Crippen LogP contribution in [0.4, 0.5) is 0 Å². The van der Waals surface area contributed by atoms with Crippen LogP contribution in [0.5, 0.6) is 0 Å². The van der Waals surface area contributed by atoms with Crippen molar-refractivity contribution < 1.29 is 0 Å². The summed E-state index contributed by atoms with van der Waals surface area (Å²) in [6, 6.07) is 5.96. The molecule has 72 valence electrons. The Bertz CT molecular complexity index is 255. The minimum Gasteiger partial charge on any atom is -0.310 e. The molecule has 0 radical (unpaired) electrons. The van der Waals surface area contributed by atoms with Gasteiger partial charge in [-0.1, -0.05) is 6.07 Å². The Morgan fingerprint density at radius 3 is 3.08 bits per heavy atom. The Balaban J connectivity index is 2.28. The van der Waals surface area contributed by atoms with Gasteiger partial charge >= 0.3 is 0 Å². The fraction of sp³-hybridized carbons (Fsp3) is 0.444. The highest BCUT2D eigenvalue weighted by Gasteiger charge is 1.94. The summed E-state index contributed by atoms with van der Waals surface area (Å²) in [6.07, 6.45) is 2.11. The summed E-state index contributed by atoms with van der Waals surface area (Å²) in [5.41, 5.74) is 1.08. The third-order valence-electron chi connectivity index (χ3n) is 1.56. The molecule has 1 aromatic heterocycles. The molecule has 0 saturated carbocycles. The van der Waals surface area contributed by atoms with E-state index in [1.54, 1.807) is 0 Å². The van der Waals surface area contributed by atoms with Gasteiger partial charge in [0.25, 0.3) is 0 Å². The molecule has 0 aliphatic rings. The molecule has 0 fully saturated rings. The van der Waals surface area contributed by atoms with Gasteiger partial charge in [-0.3, -0.25) is 0 Å². The van der Waals surface area contributed by atoms with E-state index in [2.05, 4.69) is 32.5 Å². The van der Waals surface area contributed by atoms with Crippen molar-refractivity contribution in [2.24, 2.45) is 0 Å². The number of nitrogens with one attached hydrogen (secondary N) is 1. The van der Waals surface area contributed by atoms with Crippen molar-refractivity contribution in [1.29, 1.82) is 0 Å². The van der Waals surface area contributed by atoms with Crippen LogP contribution in [-0.4, -0.2) is 23.5 Å². The zero-order valence-corrected chi connectivity index (χ0v) is 9.99. The zero-order chi connectivity index (χ0) is 9.52. The molecule has 13 heavy (non-hydrogen) atoms. The molecule has 0 spiro atoms. The maximum Gasteiger partial charge on any atom is 0.106 e. The standard InChI is InChI=1S/C9H13BrN2S/c1-13-6-5-11-7-8-3-2-4-9(10)12-8/h2-4,11H,5-7H2,1H3. The topological polar surface area (TPSA) is 24.9 Å². The van der Waals surface area contributed by atoms with E-state index in [0.29, 0.717) is 0 Å². The maximum absolute atomic E-state index is 4.32. The largest absolute Gasteiger partial charge is 0.310 e. The van der Waals surface area contributed by atoms with Crippen LogP contribution in [0.2, 0.25) is 0 Å². The number of hydrogen-bond acceptors (Lipinski definition) is 3. The van der Waals surface area contributed by atoms with Gasteiger partial charge in [0, 0.05) is 18.8 Å². The van der Waals surface area contributed by atoms with Crippen molar-refractivity contribution in [2.45, 2.75) is 6.54 Å². The highest BCUT2D eigenvalue weighted by atomic mass is 79.9. The van der Waals surface area contributed by atoms with E-state index in [9.17, 15) is 0 Å². The molecule has 0 aliphatic carbocycles. The molecule has 1 heterocycles. The Hall–Kier alpha value is -0.0600. The summed E-state index contributed by atoms with van der Waals surface area (Å²) in [4.78, 5) is 4.32. The van der Waals surface area contributed by atoms with Gasteiger partial charge in [-0.05, 0) is 34.3 Å². The molecule has 1 rings (SSSR count). The molecule has 0 aromatic carbocycles. The van der Waals surface area contributed by atoms with Gasteiger partial charge in [0.2, 0.25) is 0 Å². The minimum absolute atomic E-state index is 0.847. The first-order chi connectivity index (χ1) is 6.33. The van der Waals surface area contributed by atoms with Gasteiger partial charge in [-0.25, -0.2) is 4.98 Å². The fourth-order valence-electron chi connectivity index (χ4n) is 0.939. The number of hydrogen-bond donors (Lipinski definition) is 1. The molecule has 1 aromatic rings. The highest BCUT2D eigenvalue weighted by Crippen LogP contribution is 2.05. The normalized spacial score (nSPS) is 10.3. The van der Waals surface area contributed by atoms with Crippen molar-refractivity contribution in [1.82, 2.24) is 10.3 Å². The zero-order valence-electron chi connectivity index (χ0n) is 7.59. The summed E-state index contributed by atoms with van der Waals surface area (Å²) in [5.74, 6) is 1.15. The summed E-state index contributed by atoms with van der Waals surface area (Å²) in [7, 11) is 0. The van der Waals surface area contributed by atoms with Crippen molar-refractivity contribution in [3.05, 3.63) is 28.5 Å². The molecule has 0 amide bonds. The first-order valence-corrected chi connectivity index (χ1v) is 6.32. The first kappa shape index (κ1) is 11.0. The number of thioether (sulfide) groups is 1. The van der Waals surface area contributed by atoms with E-state index in [1.165, 1.54) is 0 Å². The summed E-state index contributed by atoms with van der Waals surface area (Å²) in [5, 5.41) is 3.33. The van der Waals surface area contributed by atoms with E-state index in [1.807, 2.05) is 30.0 Å². The fourth-order valence-corrected chi connectivity index (χ4v) is 1.67. The van der Waals surface area contributed by atoms with Crippen LogP contribution in [0.1, 0.15) is 5.69 Å². The van der Waals surface area contributed by atoms with Crippen molar-refractivity contribution in [3.63, 3.8) is 0 Å². The summed E-state index contributed by atoms with van der Waals surface area (Å²) >= 11 is 5.19. The van der Waals surface area contributed by atoms with Crippen LogP contribution in [-0.2, 0) is 6.54 Å². The molecular formula is C9H13BrN2S. The Morgan fingerprint density at radius 2 is 2.38 bits per heavy atom. The van der Waals surface area contributed by atoms with E-state index in [-0.39, 0.29) is 0 Å². The monoisotopic (exact) mass is 260 g/mol. The van der Waals surface area contributed by atoms with E-state index in [4.69, 9.17) is 0 Å². The summed E-state index contributed by atoms with van der Waals surface area (Å²) in [6.45, 7) is 1.88. The smallest absolute Gasteiger partial charge is 0.106 e. The van der Waals surface area contributed by atoms with E-state index < -0.39 is 0 Å². The van der Waals surface area contributed by atoms with Gasteiger partial charge in [0.15, 0.2) is 0 Å². The molecule has 0 bridgehead atoms. The van der Waals surface area contributed by atoms with Gasteiger partial charge in [-0.15, -0.1) is 0 Å². The predicted octanol–water partition coefficient (Wildman–Crippen LogP) is 2.30. The maximum atomic E-state index is 4.32. The molecule has 2 nitrogen and oxygen atoms in total. The van der Waals surface area contributed by atoms with Crippen LogP contribution in [0, 0.1) is 0 Å². The van der Waals surface area contributed by atoms with Crippen LogP contribution in [0.3, 0.4) is 0 Å². The van der Waals surface area contributed by atoms with Crippen LogP contribution >= 0.6 is 27.7 Å². The van der Waals surface area contributed by atoms with Crippen molar-refractivity contribution in [2.75, 3.05) is 18.6 Å². The Morgan fingerprint density at radius 1 is 1.54 bits per heavy atom. The molecule has 0 saturated heterocycles. The van der Waals surface area contributed by atoms with Crippen LogP contribution in [0.15, 0.2) is 22.8 Å². The molecule has 1 N–H and O–H groups in total. The second kappa shape index (κ2) is 6.40. The number of nitrogens with zero attached hydrogens (tertiary/aromatic N) is 1. The number of rotatable bonds is 5. The molecule has 0 unspecified atom stereocenters. The number of aromatic nitrogens is 1. The number of pyridine rings is 1. The van der Waals surface area contributed by atoms with Gasteiger partial charge < -0.3 is 5.32 Å². The molecule has 0 aliphatic heterocycles. The average Bonchev–Trinajstić information content (AvgIpc) is 2.13. The lowest BCUT2D eigenvalue weighted by atomic mass is 10.3. The minimum atomic E-state index is 0.847. The van der Waals surface area contributed by atoms with Gasteiger partial charge in [0.1, 0.15) is 4.60 Å². The lowest BCUT2D eigenvalue weighted by Gasteiger charge is -2.02. The second-order valence-electron chi connectivity index (χ2n) is 2.62. The highest BCUT2D eigenvalue weighted by molar-refractivity contribution is 9.10. The second-order valence-corrected chi connectivity index (χ2v) is 4.42. The average molecular weight is 261 g/mol. The third kappa shape index (κ3) is 4.64. The number of halogens is 1. The van der Waals surface area contributed by atoms with Crippen LogP contribution in [0.25, 0.3) is 0 Å². The van der Waals surface area contributed by atoms with E-state index in [0.717, 1.165) is 29.1 Å². The molecule has 4 heteroatoms. The SMILES string of the molecule is CSCCNCc1cccc(Br)n1. The van der Waals surface area contributed by atoms with Gasteiger partial charge in [0.05, 0.1) is 5.69 Å². The summed E-state index contributed by atoms with van der Waals surface area (Å²) < 4.78 is 0.900. The van der Waals surface area contributed by atoms with Crippen molar-refractivity contribution in [3.8, 4) is 0 Å². The Kier molecular flexibility index (Phi) is 5.43. The molecule has 0 atom stereocenters. The van der Waals surface area contributed by atoms with E-state index >= 15 is 0 Å². The molecular weight excluding hydrogens is 248 g/mol. The lowest BCUT2D eigenvalue weighted by molar-refractivity contribution is 0.714. The van der Waals surface area contributed by atoms with Crippen LogP contribution < -0.4 is 5.32 Å². The lowest BCUT2D eigenvalue weighted by Crippen LogP contribution is -2.17. The predicted molar refractivity (Wildman–Crippen MR) is 62.0 cm³/mol.